The van der Waals surface area contributed by atoms with E-state index < -0.39 is 27.0 Å². The van der Waals surface area contributed by atoms with Crippen molar-refractivity contribution in [1.29, 1.82) is 0 Å². The Bertz CT molecular complexity index is 623. The molecule has 0 radical (unpaired) electrons. The number of hydrogen-bond donors (Lipinski definition) is 1. The number of esters is 2. The summed E-state index contributed by atoms with van der Waals surface area (Å²) in [5, 5.41) is 0. The van der Waals surface area contributed by atoms with E-state index in [0.717, 1.165) is 12.1 Å². The van der Waals surface area contributed by atoms with E-state index in [1.807, 2.05) is 0 Å². The molecule has 124 valence electrons. The molecule has 7 nitrogen and oxygen atoms in total. The molecule has 1 rings (SSSR count). The minimum atomic E-state index is -4.57. The van der Waals surface area contributed by atoms with Gasteiger partial charge in [-0.15, -0.1) is 0 Å². The monoisotopic (exact) mass is 464 g/mol. The molecule has 1 aromatic rings. The van der Waals surface area contributed by atoms with Crippen LogP contribution in [0.3, 0.4) is 0 Å². The first-order valence-corrected chi connectivity index (χ1v) is 8.20. The number of carbonyl (C=O) groups excluding carboxylic acids is 2. The van der Waals surface area contributed by atoms with Crippen molar-refractivity contribution < 1.29 is 102 Å². The zero-order valence-electron chi connectivity index (χ0n) is 14.4. The molecule has 0 aromatic heterocycles. The Morgan fingerprint density at radius 2 is 1.39 bits per heavy atom. The third kappa shape index (κ3) is 7.69. The van der Waals surface area contributed by atoms with Crippen molar-refractivity contribution in [3.05, 3.63) is 29.3 Å². The average Bonchev–Trinajstić information content (AvgIpc) is 2.48. The first-order valence-electron chi connectivity index (χ1n) is 6.76. The zero-order chi connectivity index (χ0) is 16.8. The Hall–Kier alpha value is 0.122. The van der Waals surface area contributed by atoms with Crippen molar-refractivity contribution in [1.82, 2.24) is 0 Å². The Labute approximate surface area is 195 Å². The maximum atomic E-state index is 11.8. The molecule has 0 unspecified atom stereocenters. The quantitative estimate of drug-likeness (QED) is 0.415. The number of benzene rings is 1. The molecule has 1 aromatic carbocycles. The van der Waals surface area contributed by atoms with E-state index in [1.165, 1.54) is 6.07 Å². The Balaban J connectivity index is 0. The number of carbonyl (C=O) groups is 2. The first-order chi connectivity index (χ1) is 10.3. The fourth-order valence-electron chi connectivity index (χ4n) is 1.54. The molecular formula is C14H19CsO7S. The van der Waals surface area contributed by atoms with Gasteiger partial charge in [-0.25, -0.2) is 9.59 Å². The summed E-state index contributed by atoms with van der Waals surface area (Å²) in [6.45, 7) is 3.92. The summed E-state index contributed by atoms with van der Waals surface area (Å²) in [6, 6.07) is 3.07. The van der Waals surface area contributed by atoms with Crippen molar-refractivity contribution in [3.63, 3.8) is 0 Å². The van der Waals surface area contributed by atoms with Crippen molar-refractivity contribution >= 4 is 22.1 Å². The molecular weight excluding hydrogens is 445 g/mol. The Morgan fingerprint density at radius 3 is 1.70 bits per heavy atom. The predicted octanol–water partition coefficient (Wildman–Crippen LogP) is -0.817. The van der Waals surface area contributed by atoms with Crippen LogP contribution in [0.15, 0.2) is 23.1 Å². The van der Waals surface area contributed by atoms with E-state index in [-0.39, 0.29) is 94.7 Å². The average molecular weight is 464 g/mol. The standard InChI is InChI=1S/C14H18O7S.Cs.H/c1-3-5-20-13(15)10-7-11(14(16)21-6-4-2)9-12(8-10)22(17,18)19;;/h7-9H,3-6H2,1-2H3,(H,17,18,19);;/q;+1;-1. The van der Waals surface area contributed by atoms with Gasteiger partial charge in [0.1, 0.15) is 0 Å². The van der Waals surface area contributed by atoms with Crippen LogP contribution in [0.4, 0.5) is 0 Å². The van der Waals surface area contributed by atoms with Gasteiger partial charge in [0.05, 0.1) is 29.2 Å². The van der Waals surface area contributed by atoms with Crippen LogP contribution in [-0.4, -0.2) is 38.1 Å². The molecule has 0 saturated carbocycles. The van der Waals surface area contributed by atoms with Gasteiger partial charge >= 0.3 is 80.8 Å². The predicted molar refractivity (Wildman–Crippen MR) is 78.5 cm³/mol. The van der Waals surface area contributed by atoms with Gasteiger partial charge in [0.15, 0.2) is 0 Å². The van der Waals surface area contributed by atoms with E-state index in [0.29, 0.717) is 12.8 Å². The van der Waals surface area contributed by atoms with E-state index >= 15 is 0 Å². The topological polar surface area (TPSA) is 107 Å². The van der Waals surface area contributed by atoms with E-state index in [2.05, 4.69) is 0 Å². The molecule has 0 bridgehead atoms. The first kappa shape index (κ1) is 23.1. The number of hydrogen-bond acceptors (Lipinski definition) is 6. The summed E-state index contributed by atoms with van der Waals surface area (Å²) in [5.74, 6) is -1.56. The molecule has 23 heavy (non-hydrogen) atoms. The molecule has 0 spiro atoms. The van der Waals surface area contributed by atoms with Gasteiger partial charge in [0, 0.05) is 0 Å². The van der Waals surface area contributed by atoms with Gasteiger partial charge in [-0.1, -0.05) is 13.8 Å². The third-order valence-corrected chi connectivity index (χ3v) is 3.38. The van der Waals surface area contributed by atoms with Crippen molar-refractivity contribution in [2.45, 2.75) is 31.6 Å². The zero-order valence-corrected chi connectivity index (χ0v) is 20.5. The summed E-state index contributed by atoms with van der Waals surface area (Å²) < 4.78 is 41.4. The fraction of sp³-hybridized carbons (Fsp3) is 0.429. The van der Waals surface area contributed by atoms with E-state index in [9.17, 15) is 18.0 Å². The van der Waals surface area contributed by atoms with Crippen LogP contribution in [0.1, 0.15) is 48.8 Å². The maximum Gasteiger partial charge on any atom is 1.00 e. The summed E-state index contributed by atoms with van der Waals surface area (Å²) in [5.41, 5.74) is -0.293. The Morgan fingerprint density at radius 1 is 1.00 bits per heavy atom. The van der Waals surface area contributed by atoms with Crippen LogP contribution in [0, 0.1) is 0 Å². The van der Waals surface area contributed by atoms with Gasteiger partial charge in [-0.3, -0.25) is 4.55 Å². The van der Waals surface area contributed by atoms with Gasteiger partial charge in [0.2, 0.25) is 0 Å². The van der Waals surface area contributed by atoms with Crippen LogP contribution in [0.2, 0.25) is 0 Å². The van der Waals surface area contributed by atoms with Crippen molar-refractivity contribution in [2.24, 2.45) is 0 Å². The molecule has 0 aliphatic heterocycles. The molecule has 0 atom stereocenters. The van der Waals surface area contributed by atoms with E-state index in [1.54, 1.807) is 13.8 Å². The second-order valence-corrected chi connectivity index (χ2v) is 5.91. The van der Waals surface area contributed by atoms with Crippen LogP contribution in [0.25, 0.3) is 0 Å². The molecule has 0 saturated heterocycles. The largest absolute Gasteiger partial charge is 1.00 e. The SMILES string of the molecule is CCCOC(=O)c1cc(C(=O)OCCC)cc(S(=O)(=O)O)c1.[Cs+].[H-]. The summed E-state index contributed by atoms with van der Waals surface area (Å²) in [6.07, 6.45) is 1.18. The molecule has 0 amide bonds. The molecule has 0 fully saturated rings. The maximum absolute atomic E-state index is 11.8. The van der Waals surface area contributed by atoms with Crippen LogP contribution < -0.4 is 68.9 Å². The van der Waals surface area contributed by atoms with Gasteiger partial charge < -0.3 is 10.9 Å². The third-order valence-electron chi connectivity index (χ3n) is 2.55. The summed E-state index contributed by atoms with van der Waals surface area (Å²) in [7, 11) is -4.57. The van der Waals surface area contributed by atoms with Gasteiger partial charge in [-0.2, -0.15) is 8.42 Å². The summed E-state index contributed by atoms with van der Waals surface area (Å²) >= 11 is 0. The van der Waals surface area contributed by atoms with Crippen molar-refractivity contribution in [2.75, 3.05) is 13.2 Å². The normalized spacial score (nSPS) is 10.6. The summed E-state index contributed by atoms with van der Waals surface area (Å²) in [4.78, 5) is 23.1. The minimum Gasteiger partial charge on any atom is -1.00 e. The number of rotatable bonds is 7. The van der Waals surface area contributed by atoms with Crippen LogP contribution in [0.5, 0.6) is 0 Å². The molecule has 0 aliphatic rings. The minimum absolute atomic E-state index is 0. The fourth-order valence-corrected chi connectivity index (χ4v) is 2.09. The van der Waals surface area contributed by atoms with Gasteiger partial charge in [0.25, 0.3) is 10.1 Å². The molecule has 0 heterocycles. The molecule has 1 N–H and O–H groups in total. The van der Waals surface area contributed by atoms with Gasteiger partial charge in [-0.05, 0) is 31.0 Å². The molecule has 9 heteroatoms. The second kappa shape index (κ2) is 10.9. The van der Waals surface area contributed by atoms with E-state index in [4.69, 9.17) is 14.0 Å². The van der Waals surface area contributed by atoms with Crippen LogP contribution in [-0.2, 0) is 19.6 Å². The number of ether oxygens (including phenoxy) is 2. The molecule has 0 aliphatic carbocycles. The smallest absolute Gasteiger partial charge is 1.00 e. The Kier molecular flexibility index (Phi) is 10.9. The van der Waals surface area contributed by atoms with Crippen molar-refractivity contribution in [3.8, 4) is 0 Å². The second-order valence-electron chi connectivity index (χ2n) is 4.49. The van der Waals surface area contributed by atoms with Crippen LogP contribution >= 0.6 is 0 Å².